The van der Waals surface area contributed by atoms with E-state index in [2.05, 4.69) is 11.3 Å². The van der Waals surface area contributed by atoms with E-state index in [0.29, 0.717) is 12.8 Å². The second-order valence-corrected chi connectivity index (χ2v) is 2.95. The van der Waals surface area contributed by atoms with Gasteiger partial charge in [-0.25, -0.2) is 4.79 Å². The van der Waals surface area contributed by atoms with Crippen molar-refractivity contribution in [3.8, 4) is 0 Å². The Hall–Kier alpha value is -0.870. The van der Waals surface area contributed by atoms with Crippen molar-refractivity contribution in [1.29, 1.82) is 0 Å². The molecule has 76 valence electrons. The van der Waals surface area contributed by atoms with Crippen LogP contribution in [0.5, 0.6) is 0 Å². The maximum atomic E-state index is 10.6. The molecule has 0 aromatic heterocycles. The first-order chi connectivity index (χ1) is 6.10. The highest BCUT2D eigenvalue weighted by Crippen LogP contribution is 2.10. The maximum absolute atomic E-state index is 10.6. The number of hydrogen-bond acceptors (Lipinski definition) is 4. The lowest BCUT2D eigenvalue weighted by atomic mass is 10.0. The predicted octanol–water partition coefficient (Wildman–Crippen LogP) is 0.443. The van der Waals surface area contributed by atoms with Crippen molar-refractivity contribution in [3.63, 3.8) is 0 Å². The highest BCUT2D eigenvalue weighted by atomic mass is 16.6. The van der Waals surface area contributed by atoms with Gasteiger partial charge in [-0.15, -0.1) is 0 Å². The van der Waals surface area contributed by atoms with Crippen molar-refractivity contribution in [3.05, 3.63) is 12.7 Å². The van der Waals surface area contributed by atoms with Crippen LogP contribution in [0.1, 0.15) is 19.8 Å². The number of carbonyl (C=O) groups excluding carboxylic acids is 1. The van der Waals surface area contributed by atoms with Gasteiger partial charge in [-0.05, 0) is 12.3 Å². The van der Waals surface area contributed by atoms with Crippen LogP contribution in [0, 0.1) is 5.92 Å². The van der Waals surface area contributed by atoms with Gasteiger partial charge in [0.15, 0.2) is 0 Å². The molecule has 0 saturated carbocycles. The largest absolute Gasteiger partial charge is 0.433 e. The molecule has 0 aliphatic rings. The van der Waals surface area contributed by atoms with Gasteiger partial charge in [-0.3, -0.25) is 0 Å². The van der Waals surface area contributed by atoms with Gasteiger partial charge < -0.3 is 14.9 Å². The van der Waals surface area contributed by atoms with E-state index in [1.165, 1.54) is 0 Å². The Labute approximate surface area is 77.8 Å². The molecule has 0 radical (unpaired) electrons. The number of aliphatic hydroxyl groups excluding tert-OH is 2. The van der Waals surface area contributed by atoms with Crippen molar-refractivity contribution in [2.24, 2.45) is 5.92 Å². The Balaban J connectivity index is 3.66. The Morgan fingerprint density at radius 1 is 1.69 bits per heavy atom. The Morgan fingerprint density at radius 2 is 2.31 bits per heavy atom. The van der Waals surface area contributed by atoms with Crippen molar-refractivity contribution in [2.45, 2.75) is 26.1 Å². The minimum Gasteiger partial charge on any atom is -0.433 e. The summed E-state index contributed by atoms with van der Waals surface area (Å²) in [6, 6.07) is 0. The Kier molecular flexibility index (Phi) is 6.18. The predicted molar refractivity (Wildman–Crippen MR) is 47.8 cm³/mol. The monoisotopic (exact) mass is 188 g/mol. The van der Waals surface area contributed by atoms with Crippen molar-refractivity contribution in [1.82, 2.24) is 0 Å². The van der Waals surface area contributed by atoms with Gasteiger partial charge in [-0.1, -0.05) is 13.5 Å². The first-order valence-electron chi connectivity index (χ1n) is 4.22. The molecule has 2 N–H and O–H groups in total. The van der Waals surface area contributed by atoms with Crippen LogP contribution in [0.25, 0.3) is 0 Å². The molecular weight excluding hydrogens is 172 g/mol. The standard InChI is InChI=1S/C9H16O4/c1-3-8(11)13-9(12)6-7(2)4-5-10/h3,7,9-10,12H,1,4-6H2,2H3. The number of esters is 1. The molecule has 0 fully saturated rings. The Bertz CT molecular complexity index is 167. The molecule has 4 nitrogen and oxygen atoms in total. The maximum Gasteiger partial charge on any atom is 0.332 e. The fourth-order valence-electron chi connectivity index (χ4n) is 0.913. The van der Waals surface area contributed by atoms with E-state index in [9.17, 15) is 9.90 Å². The van der Waals surface area contributed by atoms with E-state index in [0.717, 1.165) is 6.08 Å². The lowest BCUT2D eigenvalue weighted by molar-refractivity contribution is -0.164. The summed E-state index contributed by atoms with van der Waals surface area (Å²) in [6.07, 6.45) is 0.815. The average molecular weight is 188 g/mol. The minimum absolute atomic E-state index is 0.0727. The van der Waals surface area contributed by atoms with E-state index >= 15 is 0 Å². The second kappa shape index (κ2) is 6.62. The molecule has 0 amide bonds. The molecule has 0 rings (SSSR count). The van der Waals surface area contributed by atoms with Crippen LogP contribution in [0.15, 0.2) is 12.7 Å². The summed E-state index contributed by atoms with van der Waals surface area (Å²) in [6.45, 7) is 5.14. The molecule has 0 spiro atoms. The van der Waals surface area contributed by atoms with Crippen molar-refractivity contribution < 1.29 is 19.7 Å². The Morgan fingerprint density at radius 3 is 2.77 bits per heavy atom. The second-order valence-electron chi connectivity index (χ2n) is 2.95. The van der Waals surface area contributed by atoms with Gasteiger partial charge in [-0.2, -0.15) is 0 Å². The molecule has 2 atom stereocenters. The normalized spacial score (nSPS) is 14.7. The minimum atomic E-state index is -1.10. The molecule has 0 aliphatic carbocycles. The number of aliphatic hydroxyl groups is 2. The summed E-state index contributed by atoms with van der Waals surface area (Å²) >= 11 is 0. The van der Waals surface area contributed by atoms with Gasteiger partial charge in [0.05, 0.1) is 0 Å². The first kappa shape index (κ1) is 12.1. The smallest absolute Gasteiger partial charge is 0.332 e. The van der Waals surface area contributed by atoms with Gasteiger partial charge in [0, 0.05) is 19.1 Å². The van der Waals surface area contributed by atoms with Gasteiger partial charge in [0.25, 0.3) is 0 Å². The number of rotatable bonds is 6. The van der Waals surface area contributed by atoms with Gasteiger partial charge >= 0.3 is 5.97 Å². The van der Waals surface area contributed by atoms with Crippen LogP contribution in [-0.2, 0) is 9.53 Å². The van der Waals surface area contributed by atoms with E-state index in [1.54, 1.807) is 0 Å². The van der Waals surface area contributed by atoms with Crippen molar-refractivity contribution >= 4 is 5.97 Å². The van der Waals surface area contributed by atoms with Crippen LogP contribution in [0.4, 0.5) is 0 Å². The highest BCUT2D eigenvalue weighted by molar-refractivity contribution is 5.81. The zero-order valence-electron chi connectivity index (χ0n) is 7.77. The summed E-state index contributed by atoms with van der Waals surface area (Å²) in [7, 11) is 0. The summed E-state index contributed by atoms with van der Waals surface area (Å²) in [5.41, 5.74) is 0. The van der Waals surface area contributed by atoms with Crippen LogP contribution >= 0.6 is 0 Å². The third-order valence-electron chi connectivity index (χ3n) is 1.64. The third kappa shape index (κ3) is 6.31. The van der Waals surface area contributed by atoms with E-state index in [4.69, 9.17) is 5.11 Å². The average Bonchev–Trinajstić information content (AvgIpc) is 2.04. The summed E-state index contributed by atoms with van der Waals surface area (Å²) < 4.78 is 4.53. The van der Waals surface area contributed by atoms with Gasteiger partial charge in [0.2, 0.25) is 6.29 Å². The molecule has 13 heavy (non-hydrogen) atoms. The van der Waals surface area contributed by atoms with E-state index in [-0.39, 0.29) is 12.5 Å². The van der Waals surface area contributed by atoms with E-state index < -0.39 is 12.3 Å². The SMILES string of the molecule is C=CC(=O)OC(O)CC(C)CCO. The zero-order chi connectivity index (χ0) is 10.3. The van der Waals surface area contributed by atoms with Crippen LogP contribution in [-0.4, -0.2) is 29.1 Å². The third-order valence-corrected chi connectivity index (χ3v) is 1.64. The molecule has 0 aromatic rings. The molecule has 0 saturated heterocycles. The lowest BCUT2D eigenvalue weighted by Gasteiger charge is -2.14. The van der Waals surface area contributed by atoms with Crippen molar-refractivity contribution in [2.75, 3.05) is 6.61 Å². The molecule has 0 aromatic carbocycles. The summed E-state index contributed by atoms with van der Waals surface area (Å²) in [5.74, 6) is -0.513. The molecular formula is C9H16O4. The van der Waals surface area contributed by atoms with Crippen LogP contribution in [0.2, 0.25) is 0 Å². The quantitative estimate of drug-likeness (QED) is 0.360. The van der Waals surface area contributed by atoms with E-state index in [1.807, 2.05) is 6.92 Å². The molecule has 0 bridgehead atoms. The summed E-state index contributed by atoms with van der Waals surface area (Å²) in [5, 5.41) is 17.7. The zero-order valence-corrected chi connectivity index (χ0v) is 7.77. The van der Waals surface area contributed by atoms with Gasteiger partial charge in [0.1, 0.15) is 0 Å². The number of carbonyl (C=O) groups is 1. The fourth-order valence-corrected chi connectivity index (χ4v) is 0.913. The highest BCUT2D eigenvalue weighted by Gasteiger charge is 2.12. The first-order valence-corrected chi connectivity index (χ1v) is 4.22. The molecule has 2 unspecified atom stereocenters. The molecule has 0 heterocycles. The topological polar surface area (TPSA) is 66.8 Å². The fraction of sp³-hybridized carbons (Fsp3) is 0.667. The molecule has 0 aliphatic heterocycles. The molecule has 4 heteroatoms. The number of hydrogen-bond donors (Lipinski definition) is 2. The lowest BCUT2D eigenvalue weighted by Crippen LogP contribution is -2.19. The van der Waals surface area contributed by atoms with Crippen LogP contribution in [0.3, 0.4) is 0 Å². The van der Waals surface area contributed by atoms with Crippen LogP contribution < -0.4 is 0 Å². The number of ether oxygens (including phenoxy) is 1. The summed E-state index contributed by atoms with van der Waals surface area (Å²) in [4.78, 5) is 10.6.